The lowest BCUT2D eigenvalue weighted by Gasteiger charge is -2.26. The zero-order valence-electron chi connectivity index (χ0n) is 31.8. The molecule has 2 nitrogen and oxygen atoms in total. The van der Waals surface area contributed by atoms with Crippen LogP contribution in [-0.4, -0.2) is 9.13 Å². The molecular formula is C54H44N2. The highest BCUT2D eigenvalue weighted by molar-refractivity contribution is 6.09. The lowest BCUT2D eigenvalue weighted by atomic mass is 9.82. The van der Waals surface area contributed by atoms with Crippen LogP contribution >= 0.6 is 0 Å². The average molecular weight is 721 g/mol. The molecule has 10 rings (SSSR count). The summed E-state index contributed by atoms with van der Waals surface area (Å²) in [6, 6.07) is 44.0. The fourth-order valence-corrected chi connectivity index (χ4v) is 8.67. The molecule has 2 aromatic heterocycles. The van der Waals surface area contributed by atoms with Crippen molar-refractivity contribution >= 4 is 62.2 Å². The molecule has 270 valence electrons. The van der Waals surface area contributed by atoms with E-state index >= 15 is 0 Å². The van der Waals surface area contributed by atoms with Crippen molar-refractivity contribution in [3.8, 4) is 5.69 Å². The molecule has 0 spiro atoms. The van der Waals surface area contributed by atoms with E-state index in [2.05, 4.69) is 216 Å². The largest absolute Gasteiger partial charge is 0.310 e. The Bertz CT molecular complexity index is 2840. The van der Waals surface area contributed by atoms with E-state index in [9.17, 15) is 0 Å². The summed E-state index contributed by atoms with van der Waals surface area (Å²) < 4.78 is 4.82. The molecule has 56 heavy (non-hydrogen) atoms. The molecule has 0 N–H and O–H groups in total. The van der Waals surface area contributed by atoms with Gasteiger partial charge in [0.15, 0.2) is 0 Å². The molecule has 1 atom stereocenters. The van der Waals surface area contributed by atoms with Crippen LogP contribution in [0.15, 0.2) is 188 Å². The molecule has 7 aromatic rings. The lowest BCUT2D eigenvalue weighted by molar-refractivity contribution is 0.559. The predicted octanol–water partition coefficient (Wildman–Crippen LogP) is 14.2. The third-order valence-electron chi connectivity index (χ3n) is 11.7. The van der Waals surface area contributed by atoms with Gasteiger partial charge in [-0.25, -0.2) is 0 Å². The first kappa shape index (κ1) is 33.9. The van der Waals surface area contributed by atoms with E-state index in [1.54, 1.807) is 0 Å². The molecular weight excluding hydrogens is 677 g/mol. The van der Waals surface area contributed by atoms with Gasteiger partial charge in [0, 0.05) is 38.7 Å². The van der Waals surface area contributed by atoms with E-state index in [4.69, 9.17) is 0 Å². The number of fused-ring (bicyclic) bond motifs is 6. The maximum absolute atomic E-state index is 2.46. The van der Waals surface area contributed by atoms with E-state index in [0.29, 0.717) is 0 Å². The van der Waals surface area contributed by atoms with Gasteiger partial charge >= 0.3 is 0 Å². The van der Waals surface area contributed by atoms with Crippen molar-refractivity contribution < 1.29 is 0 Å². The van der Waals surface area contributed by atoms with Gasteiger partial charge < -0.3 is 9.13 Å². The number of nitrogens with zero attached hydrogens (tertiary/aromatic N) is 2. The summed E-state index contributed by atoms with van der Waals surface area (Å²) in [5, 5.41) is 3.95. The van der Waals surface area contributed by atoms with E-state index < -0.39 is 0 Å². The van der Waals surface area contributed by atoms with Crippen molar-refractivity contribution in [1.29, 1.82) is 0 Å². The quantitative estimate of drug-likeness (QED) is 0.155. The van der Waals surface area contributed by atoms with Crippen LogP contribution in [0.1, 0.15) is 54.1 Å². The molecule has 0 amide bonds. The Morgan fingerprint density at radius 2 is 1.23 bits per heavy atom. The third-order valence-corrected chi connectivity index (χ3v) is 11.7. The Morgan fingerprint density at radius 3 is 1.95 bits per heavy atom. The number of aromatic nitrogens is 2. The molecule has 2 heterocycles. The minimum atomic E-state index is -0.0302. The van der Waals surface area contributed by atoms with Crippen molar-refractivity contribution in [3.63, 3.8) is 0 Å². The molecule has 0 bridgehead atoms. The van der Waals surface area contributed by atoms with Crippen molar-refractivity contribution in [2.75, 3.05) is 0 Å². The molecule has 0 radical (unpaired) electrons. The van der Waals surface area contributed by atoms with Gasteiger partial charge in [0.1, 0.15) is 0 Å². The van der Waals surface area contributed by atoms with Gasteiger partial charge in [0.05, 0.1) is 16.6 Å². The van der Waals surface area contributed by atoms with Gasteiger partial charge in [0.25, 0.3) is 0 Å². The van der Waals surface area contributed by atoms with Crippen LogP contribution in [0.4, 0.5) is 0 Å². The third kappa shape index (κ3) is 6.28. The Labute approximate surface area is 329 Å². The Balaban J connectivity index is 0.789. The Hall–Kier alpha value is -6.64. The molecule has 3 aliphatic carbocycles. The second-order valence-electron chi connectivity index (χ2n) is 15.5. The highest BCUT2D eigenvalue weighted by atomic mass is 15.0. The number of hydrogen-bond acceptors (Lipinski definition) is 0. The number of rotatable bonds is 7. The summed E-state index contributed by atoms with van der Waals surface area (Å²) in [4.78, 5) is 0. The number of para-hydroxylation sites is 3. The van der Waals surface area contributed by atoms with Gasteiger partial charge in [-0.2, -0.15) is 0 Å². The fraction of sp³-hybridized carbons (Fsp3) is 0.111. The Kier molecular flexibility index (Phi) is 8.60. The predicted molar refractivity (Wildman–Crippen MR) is 241 cm³/mol. The van der Waals surface area contributed by atoms with Gasteiger partial charge in [-0.3, -0.25) is 0 Å². The maximum atomic E-state index is 2.46. The lowest BCUT2D eigenvalue weighted by Crippen LogP contribution is -2.13. The summed E-state index contributed by atoms with van der Waals surface area (Å²) in [5.41, 5.74) is 15.1. The fourth-order valence-electron chi connectivity index (χ4n) is 8.67. The highest BCUT2D eigenvalue weighted by Crippen LogP contribution is 2.39. The van der Waals surface area contributed by atoms with Crippen molar-refractivity contribution in [2.45, 2.75) is 32.6 Å². The first-order valence-electron chi connectivity index (χ1n) is 19.9. The SMILES string of the molecule is CC1(/C=C/c2ccc(C3=CCC=C(/C=C/c4ccc(-n5c6ccccc6c6ccccc65)cc4)C=C3)cc2)C=CC(n2c3c(c4ccccc42)CCC=C3)=CC1. The van der Waals surface area contributed by atoms with Crippen molar-refractivity contribution in [1.82, 2.24) is 9.13 Å². The molecule has 0 saturated carbocycles. The second kappa shape index (κ2) is 14.2. The number of hydrogen-bond donors (Lipinski definition) is 0. The molecule has 3 aliphatic rings. The van der Waals surface area contributed by atoms with Crippen LogP contribution < -0.4 is 0 Å². The summed E-state index contributed by atoms with van der Waals surface area (Å²) in [6.07, 6.45) is 34.0. The minimum absolute atomic E-state index is 0.0302. The van der Waals surface area contributed by atoms with Crippen LogP contribution in [0.3, 0.4) is 0 Å². The van der Waals surface area contributed by atoms with Gasteiger partial charge in [-0.05, 0) is 102 Å². The minimum Gasteiger partial charge on any atom is -0.310 e. The van der Waals surface area contributed by atoms with E-state index in [-0.39, 0.29) is 5.41 Å². The Morgan fingerprint density at radius 1 is 0.571 bits per heavy atom. The monoisotopic (exact) mass is 720 g/mol. The van der Waals surface area contributed by atoms with Crippen molar-refractivity contribution in [3.05, 3.63) is 216 Å². The zero-order chi connectivity index (χ0) is 37.5. The molecule has 0 fully saturated rings. The second-order valence-corrected chi connectivity index (χ2v) is 15.5. The van der Waals surface area contributed by atoms with Gasteiger partial charge in [0.2, 0.25) is 0 Å². The molecule has 1 unspecified atom stereocenters. The van der Waals surface area contributed by atoms with Gasteiger partial charge in [-0.15, -0.1) is 0 Å². The summed E-state index contributed by atoms with van der Waals surface area (Å²) in [5.74, 6) is 0. The smallest absolute Gasteiger partial charge is 0.0541 e. The van der Waals surface area contributed by atoms with Gasteiger partial charge in [-0.1, -0.05) is 165 Å². The van der Waals surface area contributed by atoms with E-state index in [1.165, 1.54) is 83.2 Å². The van der Waals surface area contributed by atoms with Crippen LogP contribution in [0, 0.1) is 5.41 Å². The van der Waals surface area contributed by atoms with Crippen LogP contribution in [0.25, 0.3) is 67.9 Å². The standard InChI is InChI=1S/C54H44N2/c1-54(37-34-45(35-38-54)56-52-19-8-4-15-48(52)49-16-5-9-20-53(49)56)36-33-41-24-29-43(30-25-41)42-12-10-11-39(23-28-42)21-22-40-26-31-44(32-27-40)55-50-17-6-2-13-46(50)47-14-3-7-18-51(47)55/h2-4,6-9,11-15,17-37H,5,10,16,38H2,1H3/b22-21+,36-33+. The highest BCUT2D eigenvalue weighted by Gasteiger charge is 2.23. The van der Waals surface area contributed by atoms with E-state index in [1.807, 2.05) is 0 Å². The van der Waals surface area contributed by atoms with Crippen molar-refractivity contribution in [2.24, 2.45) is 5.41 Å². The topological polar surface area (TPSA) is 9.86 Å². The average Bonchev–Trinajstić information content (AvgIpc) is 3.65. The zero-order valence-corrected chi connectivity index (χ0v) is 31.8. The summed E-state index contributed by atoms with van der Waals surface area (Å²) in [6.45, 7) is 2.33. The summed E-state index contributed by atoms with van der Waals surface area (Å²) >= 11 is 0. The first-order chi connectivity index (χ1) is 27.6. The van der Waals surface area contributed by atoms with Crippen LogP contribution in [0.2, 0.25) is 0 Å². The number of allylic oxidation sites excluding steroid dienone is 13. The molecule has 5 aromatic carbocycles. The first-order valence-corrected chi connectivity index (χ1v) is 19.9. The molecule has 0 aliphatic heterocycles. The van der Waals surface area contributed by atoms with Crippen LogP contribution in [-0.2, 0) is 6.42 Å². The molecule has 0 saturated heterocycles. The normalized spacial score (nSPS) is 18.2. The van der Waals surface area contributed by atoms with E-state index in [0.717, 1.165) is 25.7 Å². The number of aryl methyl sites for hydroxylation is 1. The summed E-state index contributed by atoms with van der Waals surface area (Å²) in [7, 11) is 0. The maximum Gasteiger partial charge on any atom is 0.0541 e. The molecule has 2 heteroatoms. The number of benzene rings is 5. The van der Waals surface area contributed by atoms with Crippen LogP contribution in [0.5, 0.6) is 0 Å².